The van der Waals surface area contributed by atoms with Crippen molar-refractivity contribution in [1.82, 2.24) is 9.80 Å². The second kappa shape index (κ2) is 5.46. The quantitative estimate of drug-likeness (QED) is 0.832. The van der Waals surface area contributed by atoms with Gasteiger partial charge in [-0.05, 0) is 49.4 Å². The maximum atomic E-state index is 12.7. The SMILES string of the molecule is NC(=O)CN1CC2(CCC1=O)CCN(C(=O)[C@@H]1CC13CCC3)CC2. The van der Waals surface area contributed by atoms with Crippen LogP contribution in [0.5, 0.6) is 0 Å². The lowest BCUT2D eigenvalue weighted by Crippen LogP contribution is -2.54. The number of carbonyl (C=O) groups is 3. The van der Waals surface area contributed by atoms with E-state index in [1.165, 1.54) is 19.3 Å². The van der Waals surface area contributed by atoms with Crippen molar-refractivity contribution < 1.29 is 14.4 Å². The highest BCUT2D eigenvalue weighted by molar-refractivity contribution is 5.84. The predicted molar refractivity (Wildman–Crippen MR) is 87.6 cm³/mol. The van der Waals surface area contributed by atoms with Gasteiger partial charge in [-0.2, -0.15) is 0 Å². The molecule has 4 fully saturated rings. The van der Waals surface area contributed by atoms with Crippen LogP contribution in [0, 0.1) is 16.7 Å². The Balaban J connectivity index is 1.34. The third-order valence-electron chi connectivity index (χ3n) is 7.07. The standard InChI is InChI=1S/C18H27N3O3/c19-14(22)11-21-12-17(5-2-15(21)23)6-8-20(9-7-17)16(24)13-10-18(13)3-1-4-18/h13H,1-12H2,(H2,19,22)/t13-/m0/s1. The van der Waals surface area contributed by atoms with Crippen LogP contribution in [0.1, 0.15) is 51.4 Å². The number of likely N-dealkylation sites (tertiary alicyclic amines) is 2. The summed E-state index contributed by atoms with van der Waals surface area (Å²) >= 11 is 0. The third kappa shape index (κ3) is 2.60. The molecule has 2 N–H and O–H groups in total. The Morgan fingerprint density at radius 1 is 1.12 bits per heavy atom. The van der Waals surface area contributed by atoms with Crippen molar-refractivity contribution >= 4 is 17.7 Å². The summed E-state index contributed by atoms with van der Waals surface area (Å²) in [5, 5.41) is 0. The van der Waals surface area contributed by atoms with Crippen LogP contribution in [0.4, 0.5) is 0 Å². The molecule has 132 valence electrons. The van der Waals surface area contributed by atoms with Crippen molar-refractivity contribution in [3.05, 3.63) is 0 Å². The van der Waals surface area contributed by atoms with Crippen molar-refractivity contribution in [3.8, 4) is 0 Å². The lowest BCUT2D eigenvalue weighted by Gasteiger charge is -2.47. The maximum Gasteiger partial charge on any atom is 0.237 e. The molecule has 0 unspecified atom stereocenters. The van der Waals surface area contributed by atoms with Crippen molar-refractivity contribution in [1.29, 1.82) is 0 Å². The summed E-state index contributed by atoms with van der Waals surface area (Å²) in [5.41, 5.74) is 5.72. The van der Waals surface area contributed by atoms with Gasteiger partial charge in [-0.1, -0.05) is 6.42 Å². The summed E-state index contributed by atoms with van der Waals surface area (Å²) < 4.78 is 0. The fourth-order valence-electron chi connectivity index (χ4n) is 5.14. The number of carbonyl (C=O) groups excluding carboxylic acids is 3. The zero-order valence-corrected chi connectivity index (χ0v) is 14.3. The van der Waals surface area contributed by atoms with Crippen molar-refractivity contribution in [2.24, 2.45) is 22.5 Å². The molecule has 2 saturated carbocycles. The fraction of sp³-hybridized carbons (Fsp3) is 0.833. The second-order valence-corrected chi connectivity index (χ2v) is 8.51. The Bertz CT molecular complexity index is 576. The van der Waals surface area contributed by atoms with E-state index in [2.05, 4.69) is 4.90 Å². The average molecular weight is 333 g/mol. The van der Waals surface area contributed by atoms with E-state index >= 15 is 0 Å². The molecule has 6 heteroatoms. The van der Waals surface area contributed by atoms with E-state index in [0.717, 1.165) is 38.8 Å². The Kier molecular flexibility index (Phi) is 3.62. The van der Waals surface area contributed by atoms with Gasteiger partial charge < -0.3 is 15.5 Å². The van der Waals surface area contributed by atoms with E-state index < -0.39 is 5.91 Å². The molecule has 1 atom stereocenters. The number of piperidine rings is 2. The van der Waals surface area contributed by atoms with E-state index in [0.29, 0.717) is 30.2 Å². The number of hydrogen-bond donors (Lipinski definition) is 1. The molecule has 2 heterocycles. The van der Waals surface area contributed by atoms with Crippen molar-refractivity contribution in [2.75, 3.05) is 26.2 Å². The molecule has 24 heavy (non-hydrogen) atoms. The minimum Gasteiger partial charge on any atom is -0.368 e. The number of nitrogens with two attached hydrogens (primary N) is 1. The number of hydrogen-bond acceptors (Lipinski definition) is 3. The van der Waals surface area contributed by atoms with E-state index in [4.69, 9.17) is 5.73 Å². The molecule has 0 aromatic heterocycles. The first kappa shape index (κ1) is 15.9. The van der Waals surface area contributed by atoms with Crippen LogP contribution in [0.25, 0.3) is 0 Å². The fourth-order valence-corrected chi connectivity index (χ4v) is 5.14. The van der Waals surface area contributed by atoms with Gasteiger partial charge in [0.05, 0.1) is 6.54 Å². The van der Waals surface area contributed by atoms with Gasteiger partial charge >= 0.3 is 0 Å². The van der Waals surface area contributed by atoms with Crippen LogP contribution in [0.2, 0.25) is 0 Å². The molecule has 4 rings (SSSR count). The second-order valence-electron chi connectivity index (χ2n) is 8.51. The Morgan fingerprint density at radius 3 is 2.38 bits per heavy atom. The van der Waals surface area contributed by atoms with Gasteiger partial charge in [0.25, 0.3) is 0 Å². The molecule has 2 aliphatic heterocycles. The summed E-state index contributed by atoms with van der Waals surface area (Å²) in [6.07, 6.45) is 8.10. The van der Waals surface area contributed by atoms with Crippen molar-refractivity contribution in [2.45, 2.75) is 51.4 Å². The zero-order chi connectivity index (χ0) is 16.9. The van der Waals surface area contributed by atoms with Gasteiger partial charge in [-0.3, -0.25) is 14.4 Å². The van der Waals surface area contributed by atoms with Gasteiger partial charge in [0, 0.05) is 32.0 Å². The molecule has 0 bridgehead atoms. The van der Waals surface area contributed by atoms with Gasteiger partial charge in [0.2, 0.25) is 17.7 Å². The molecular formula is C18H27N3O3. The van der Waals surface area contributed by atoms with Gasteiger partial charge in [-0.15, -0.1) is 0 Å². The molecular weight excluding hydrogens is 306 g/mol. The predicted octanol–water partition coefficient (Wildman–Crippen LogP) is 0.893. The lowest BCUT2D eigenvalue weighted by atomic mass is 9.72. The first-order valence-corrected chi connectivity index (χ1v) is 9.28. The third-order valence-corrected chi connectivity index (χ3v) is 7.07. The molecule has 0 radical (unpaired) electrons. The summed E-state index contributed by atoms with van der Waals surface area (Å²) in [5.74, 6) is 0.236. The molecule has 2 spiro atoms. The van der Waals surface area contributed by atoms with Crippen LogP contribution in [0.15, 0.2) is 0 Å². The summed E-state index contributed by atoms with van der Waals surface area (Å²) in [6.45, 7) is 2.23. The molecule has 6 nitrogen and oxygen atoms in total. The van der Waals surface area contributed by atoms with Crippen LogP contribution < -0.4 is 5.73 Å². The molecule has 0 aromatic rings. The molecule has 3 amide bonds. The van der Waals surface area contributed by atoms with Gasteiger partial charge in [-0.25, -0.2) is 0 Å². The van der Waals surface area contributed by atoms with Gasteiger partial charge in [0.15, 0.2) is 0 Å². The molecule has 0 aromatic carbocycles. The maximum absolute atomic E-state index is 12.7. The zero-order valence-electron chi connectivity index (χ0n) is 14.3. The van der Waals surface area contributed by atoms with Crippen LogP contribution in [-0.4, -0.2) is 53.7 Å². The molecule has 4 aliphatic rings. The highest BCUT2D eigenvalue weighted by atomic mass is 16.2. The van der Waals surface area contributed by atoms with Gasteiger partial charge in [0.1, 0.15) is 0 Å². The number of primary amides is 1. The summed E-state index contributed by atoms with van der Waals surface area (Å²) in [7, 11) is 0. The normalized spacial score (nSPS) is 30.3. The minimum absolute atomic E-state index is 0.0216. The average Bonchev–Trinajstić information content (AvgIpc) is 3.27. The highest BCUT2D eigenvalue weighted by Crippen LogP contribution is 2.66. The minimum atomic E-state index is -0.451. The van der Waals surface area contributed by atoms with E-state index in [-0.39, 0.29) is 17.9 Å². The smallest absolute Gasteiger partial charge is 0.237 e. The van der Waals surface area contributed by atoms with Crippen LogP contribution >= 0.6 is 0 Å². The van der Waals surface area contributed by atoms with Crippen LogP contribution in [-0.2, 0) is 14.4 Å². The highest BCUT2D eigenvalue weighted by Gasteiger charge is 2.61. The molecule has 2 saturated heterocycles. The Labute approximate surface area is 142 Å². The number of rotatable bonds is 3. The number of nitrogens with zero attached hydrogens (tertiary/aromatic N) is 2. The largest absolute Gasteiger partial charge is 0.368 e. The molecule has 2 aliphatic carbocycles. The Morgan fingerprint density at radius 2 is 1.83 bits per heavy atom. The van der Waals surface area contributed by atoms with E-state index in [1.807, 2.05) is 0 Å². The van der Waals surface area contributed by atoms with E-state index in [9.17, 15) is 14.4 Å². The Hall–Kier alpha value is -1.59. The number of amides is 3. The lowest BCUT2D eigenvalue weighted by molar-refractivity contribution is -0.145. The topological polar surface area (TPSA) is 83.7 Å². The first-order valence-electron chi connectivity index (χ1n) is 9.28. The van der Waals surface area contributed by atoms with E-state index in [1.54, 1.807) is 4.90 Å². The van der Waals surface area contributed by atoms with Crippen LogP contribution in [0.3, 0.4) is 0 Å². The first-order chi connectivity index (χ1) is 11.4. The summed E-state index contributed by atoms with van der Waals surface area (Å²) in [4.78, 5) is 39.5. The van der Waals surface area contributed by atoms with Crippen molar-refractivity contribution in [3.63, 3.8) is 0 Å². The summed E-state index contributed by atoms with van der Waals surface area (Å²) in [6, 6.07) is 0. The monoisotopic (exact) mass is 333 g/mol.